The van der Waals surface area contributed by atoms with Gasteiger partial charge in [0.15, 0.2) is 0 Å². The van der Waals surface area contributed by atoms with Crippen LogP contribution in [0.3, 0.4) is 0 Å². The Balaban J connectivity index is -0.000000206. The van der Waals surface area contributed by atoms with Crippen LogP contribution in [-0.4, -0.2) is 48.0 Å². The number of hydrogen-bond donors (Lipinski definition) is 1. The third kappa shape index (κ3) is 21.5. The van der Waals surface area contributed by atoms with Crippen LogP contribution in [0.1, 0.15) is 55.4 Å². The summed E-state index contributed by atoms with van der Waals surface area (Å²) in [5, 5.41) is 3.70. The topological polar surface area (TPSA) is 51.8 Å². The van der Waals surface area contributed by atoms with Gasteiger partial charge < -0.3 is 22.3 Å². The molecule has 0 aliphatic carbocycles. The van der Waals surface area contributed by atoms with Crippen molar-refractivity contribution < 1.29 is 43.4 Å². The molecule has 0 heterocycles. The first kappa shape index (κ1) is 37.1. The molecule has 1 radical (unpaired) electrons. The molecule has 3 nitrogen and oxygen atoms in total. The van der Waals surface area contributed by atoms with Crippen molar-refractivity contribution in [3.63, 3.8) is 0 Å². The van der Waals surface area contributed by atoms with Crippen LogP contribution in [0.15, 0.2) is 0 Å². The van der Waals surface area contributed by atoms with E-state index in [2.05, 4.69) is 74.0 Å². The quantitative estimate of drug-likeness (QED) is 0.214. The average molecular weight is 498 g/mol. The van der Waals surface area contributed by atoms with Crippen LogP contribution in [-0.2, 0) is 26.4 Å². The zero-order chi connectivity index (χ0) is 19.0. The van der Waals surface area contributed by atoms with Crippen molar-refractivity contribution in [2.24, 2.45) is 0 Å². The van der Waals surface area contributed by atoms with Gasteiger partial charge in [0, 0.05) is 17.1 Å². The largest absolute Gasteiger partial charge is 1.00 e. The molecule has 0 aromatic rings. The molecular weight excluding hydrogens is 459 g/mol. The van der Waals surface area contributed by atoms with Crippen LogP contribution < -0.4 is 22.3 Å². The molecule has 0 aromatic carbocycles. The second kappa shape index (κ2) is 25.3. The predicted octanol–water partition coefficient (Wildman–Crippen LogP) is 2.19. The first-order chi connectivity index (χ1) is 10.8. The van der Waals surface area contributed by atoms with E-state index in [9.17, 15) is 0 Å². The van der Waals surface area contributed by atoms with Crippen molar-refractivity contribution in [1.29, 1.82) is 0 Å². The zero-order valence-electron chi connectivity index (χ0n) is 17.3. The maximum absolute atomic E-state index is 7.75. The van der Waals surface area contributed by atoms with E-state index >= 15 is 0 Å². The standard InChI is InChI=1S/C16H37NP2.2CHO.BrH.Mn/c1-13(2)18(14(3)4)11-9-17-10-12-19(15(5)6)16(7)8;2*1-2;;/h13-17H,9-12H2,1-8H3;2*1H;1H;/q;2*+1;;/p-1. The summed E-state index contributed by atoms with van der Waals surface area (Å²) in [5.41, 5.74) is 3.50. The fraction of sp³-hybridized carbons (Fsp3) is 0.889. The van der Waals surface area contributed by atoms with Gasteiger partial charge in [0.25, 0.3) is 0 Å². The smallest absolute Gasteiger partial charge is 0 e. The molecule has 0 bridgehead atoms. The van der Waals surface area contributed by atoms with Crippen LogP contribution in [0.5, 0.6) is 0 Å². The van der Waals surface area contributed by atoms with Gasteiger partial charge in [0.1, 0.15) is 0 Å². The molecule has 0 aliphatic heterocycles. The summed E-state index contributed by atoms with van der Waals surface area (Å²) >= 11 is 0. The molecule has 0 rings (SSSR count). The molecule has 0 fully saturated rings. The predicted molar refractivity (Wildman–Crippen MR) is 108 cm³/mol. The molecule has 151 valence electrons. The van der Waals surface area contributed by atoms with Crippen molar-refractivity contribution in [2.75, 3.05) is 25.4 Å². The molecule has 0 saturated heterocycles. The third-order valence-corrected chi connectivity index (χ3v) is 10.5. The second-order valence-corrected chi connectivity index (χ2v) is 13.7. The van der Waals surface area contributed by atoms with Gasteiger partial charge in [-0.1, -0.05) is 55.4 Å². The van der Waals surface area contributed by atoms with Gasteiger partial charge in [-0.05, 0) is 48.0 Å². The number of halogens is 1. The summed E-state index contributed by atoms with van der Waals surface area (Å²) in [4.78, 5) is 0. The number of hydrogen-bond acceptors (Lipinski definition) is 1. The molecule has 0 spiro atoms. The Bertz CT molecular complexity index is 257. The molecule has 0 aromatic heterocycles. The van der Waals surface area contributed by atoms with Crippen molar-refractivity contribution in [2.45, 2.75) is 78.0 Å². The molecule has 0 saturated carbocycles. The summed E-state index contributed by atoms with van der Waals surface area (Å²) in [6.45, 7) is 28.1. The zero-order valence-corrected chi connectivity index (χ0v) is 21.8. The van der Waals surface area contributed by atoms with Crippen molar-refractivity contribution in [3.05, 3.63) is 0 Å². The minimum Gasteiger partial charge on any atom is -1.00 e. The molecular formula is C18H39BrMnNO2P2+. The second-order valence-electron chi connectivity index (χ2n) is 6.60. The summed E-state index contributed by atoms with van der Waals surface area (Å²) in [7, 11) is 0.415. The van der Waals surface area contributed by atoms with Gasteiger partial charge in [0.05, 0.1) is 0 Å². The van der Waals surface area contributed by atoms with Crippen molar-refractivity contribution >= 4 is 15.8 Å². The van der Waals surface area contributed by atoms with Gasteiger partial charge in [-0.3, -0.25) is 0 Å². The van der Waals surface area contributed by atoms with E-state index in [1.807, 2.05) is 0 Å². The Hall–Kier alpha value is 1.30. The molecule has 7 heteroatoms. The SMILES string of the molecule is C#[O+].C#[O+].CC(C)P(CCNCCP(C(C)C)C(C)C)C(C)C.[Br-].[Mn]. The Morgan fingerprint density at radius 1 is 0.640 bits per heavy atom. The van der Waals surface area contributed by atoms with Crippen LogP contribution in [0, 0.1) is 13.3 Å². The van der Waals surface area contributed by atoms with Gasteiger partial charge in [-0.15, -0.1) is 15.8 Å². The van der Waals surface area contributed by atoms with E-state index < -0.39 is 0 Å². The van der Waals surface area contributed by atoms with E-state index in [4.69, 9.17) is 9.30 Å². The summed E-state index contributed by atoms with van der Waals surface area (Å²) in [6, 6.07) is 0. The Labute approximate surface area is 180 Å². The number of nitrogens with one attached hydrogen (secondary N) is 1. The molecule has 0 unspecified atom stereocenters. The van der Waals surface area contributed by atoms with E-state index in [1.54, 1.807) is 0 Å². The minimum atomic E-state index is 0. The molecule has 0 atom stereocenters. The minimum absolute atomic E-state index is 0. The Morgan fingerprint density at radius 3 is 1.00 bits per heavy atom. The Kier molecular flexibility index (Phi) is 37.5. The maximum Gasteiger partial charge on any atom is 0 e. The van der Waals surface area contributed by atoms with Gasteiger partial charge in [-0.2, -0.15) is 0 Å². The summed E-state index contributed by atoms with van der Waals surface area (Å²) in [5.74, 6) is 0. The van der Waals surface area contributed by atoms with Crippen molar-refractivity contribution in [3.8, 4) is 13.3 Å². The van der Waals surface area contributed by atoms with Crippen LogP contribution in [0.2, 0.25) is 0 Å². The van der Waals surface area contributed by atoms with E-state index in [0.717, 1.165) is 22.6 Å². The van der Waals surface area contributed by atoms with Gasteiger partial charge >= 0.3 is 22.6 Å². The van der Waals surface area contributed by atoms with Crippen LogP contribution in [0.4, 0.5) is 0 Å². The molecule has 25 heavy (non-hydrogen) atoms. The normalized spacial score (nSPS) is 10.0. The number of rotatable bonds is 10. The van der Waals surface area contributed by atoms with Gasteiger partial charge in [-0.25, -0.2) is 0 Å². The average Bonchev–Trinajstić information content (AvgIpc) is 2.48. The van der Waals surface area contributed by atoms with Gasteiger partial charge in [0.2, 0.25) is 0 Å². The molecule has 0 aliphatic rings. The fourth-order valence-electron chi connectivity index (χ4n) is 2.77. The fourth-order valence-corrected chi connectivity index (χ4v) is 8.05. The maximum atomic E-state index is 7.75. The van der Waals surface area contributed by atoms with Crippen molar-refractivity contribution in [1.82, 2.24) is 5.32 Å². The Morgan fingerprint density at radius 2 is 0.840 bits per heavy atom. The van der Waals surface area contributed by atoms with Crippen LogP contribution >= 0.6 is 15.8 Å². The summed E-state index contributed by atoms with van der Waals surface area (Å²) in [6.07, 6.45) is 2.79. The molecule has 1 N–H and O–H groups in total. The first-order valence-corrected chi connectivity index (χ1v) is 11.8. The monoisotopic (exact) mass is 497 g/mol. The first-order valence-electron chi connectivity index (χ1n) is 8.46. The third-order valence-electron chi connectivity index (χ3n) is 3.75. The molecule has 0 amide bonds. The van der Waals surface area contributed by atoms with Crippen LogP contribution in [0.25, 0.3) is 0 Å². The van der Waals surface area contributed by atoms with E-state index in [-0.39, 0.29) is 49.9 Å². The van der Waals surface area contributed by atoms with E-state index in [1.165, 1.54) is 25.4 Å². The summed E-state index contributed by atoms with van der Waals surface area (Å²) < 4.78 is 15.5. The van der Waals surface area contributed by atoms with E-state index in [0.29, 0.717) is 0 Å².